The van der Waals surface area contributed by atoms with Gasteiger partial charge in [-0.05, 0) is 93.4 Å². The number of hydrogen-bond acceptors (Lipinski definition) is 5. The third kappa shape index (κ3) is 8.95. The van der Waals surface area contributed by atoms with Crippen LogP contribution >= 0.6 is 15.9 Å². The Morgan fingerprint density at radius 1 is 0.844 bits per heavy atom. The maximum absolute atomic E-state index is 14.1. The fourth-order valence-corrected chi connectivity index (χ4v) is 6.18. The van der Waals surface area contributed by atoms with Crippen molar-refractivity contribution in [3.63, 3.8) is 0 Å². The maximum atomic E-state index is 14.1. The van der Waals surface area contributed by atoms with Gasteiger partial charge in [-0.1, -0.05) is 70.9 Å². The molecule has 0 bridgehead atoms. The molecule has 8 nitrogen and oxygen atoms in total. The molecule has 0 spiro atoms. The quantitative estimate of drug-likeness (QED) is 0.162. The van der Waals surface area contributed by atoms with Crippen molar-refractivity contribution in [3.8, 4) is 11.5 Å². The summed E-state index contributed by atoms with van der Waals surface area (Å²) < 4.78 is 36.1. The van der Waals surface area contributed by atoms with Gasteiger partial charge in [0.2, 0.25) is 11.8 Å². The molecule has 45 heavy (non-hydrogen) atoms. The van der Waals surface area contributed by atoms with E-state index in [-0.39, 0.29) is 29.1 Å². The van der Waals surface area contributed by atoms with Crippen LogP contribution < -0.4 is 14.4 Å². The third-order valence-electron chi connectivity index (χ3n) is 7.43. The standard InChI is InChI=1S/C35H38BrN3O5S/c1-5-26(3)37-35(41)27(4)38(23-28-13-15-29(36)16-14-28)34(40)24-39(45(42,43)33-21-11-25(2)12-22-33)30-17-19-32(20-18-30)44-31-9-7-6-8-10-31/h6-22,26-27H,5,23-24H2,1-4H3,(H,37,41). The van der Waals surface area contributed by atoms with Crippen molar-refractivity contribution in [2.24, 2.45) is 0 Å². The zero-order valence-electron chi connectivity index (χ0n) is 25.8. The summed E-state index contributed by atoms with van der Waals surface area (Å²) in [5, 5.41) is 2.95. The first kappa shape index (κ1) is 33.7. The number of nitrogens with one attached hydrogen (secondary N) is 1. The highest BCUT2D eigenvalue weighted by molar-refractivity contribution is 9.10. The number of nitrogens with zero attached hydrogens (tertiary/aromatic N) is 2. The van der Waals surface area contributed by atoms with E-state index in [9.17, 15) is 18.0 Å². The second-order valence-electron chi connectivity index (χ2n) is 10.9. The van der Waals surface area contributed by atoms with Gasteiger partial charge in [-0.15, -0.1) is 0 Å². The second-order valence-corrected chi connectivity index (χ2v) is 13.7. The van der Waals surface area contributed by atoms with E-state index in [1.54, 1.807) is 43.3 Å². The zero-order valence-corrected chi connectivity index (χ0v) is 28.2. The molecule has 0 heterocycles. The van der Waals surface area contributed by atoms with E-state index in [4.69, 9.17) is 4.74 Å². The summed E-state index contributed by atoms with van der Waals surface area (Å²) in [6.45, 7) is 6.98. The van der Waals surface area contributed by atoms with E-state index in [0.717, 1.165) is 26.3 Å². The van der Waals surface area contributed by atoms with Crippen LogP contribution in [0.25, 0.3) is 0 Å². The summed E-state index contributed by atoms with van der Waals surface area (Å²) in [5.41, 5.74) is 1.98. The number of benzene rings is 4. The first-order chi connectivity index (χ1) is 21.5. The number of anilines is 1. The molecule has 2 atom stereocenters. The molecule has 0 aromatic heterocycles. The number of halogens is 1. The SMILES string of the molecule is CCC(C)NC(=O)C(C)N(Cc1ccc(Br)cc1)C(=O)CN(c1ccc(Oc2ccccc2)cc1)S(=O)(=O)c1ccc(C)cc1. The molecule has 236 valence electrons. The average Bonchev–Trinajstić information content (AvgIpc) is 3.04. The monoisotopic (exact) mass is 691 g/mol. The third-order valence-corrected chi connectivity index (χ3v) is 9.74. The van der Waals surface area contributed by atoms with Crippen LogP contribution in [0.4, 0.5) is 5.69 Å². The van der Waals surface area contributed by atoms with E-state index >= 15 is 0 Å². The number of carbonyl (C=O) groups excluding carboxylic acids is 2. The molecule has 0 fully saturated rings. The Hall–Kier alpha value is -4.15. The lowest BCUT2D eigenvalue weighted by atomic mass is 10.1. The van der Waals surface area contributed by atoms with Crippen LogP contribution in [0.1, 0.15) is 38.3 Å². The number of hydrogen-bond donors (Lipinski definition) is 1. The highest BCUT2D eigenvalue weighted by Crippen LogP contribution is 2.29. The number of ether oxygens (including phenoxy) is 1. The van der Waals surface area contributed by atoms with Crippen LogP contribution in [0.2, 0.25) is 0 Å². The van der Waals surface area contributed by atoms with Gasteiger partial charge < -0.3 is 15.0 Å². The normalized spacial score (nSPS) is 12.6. The molecule has 4 rings (SSSR count). The van der Waals surface area contributed by atoms with Crippen LogP contribution in [0.3, 0.4) is 0 Å². The predicted molar refractivity (Wildman–Crippen MR) is 181 cm³/mol. The number of sulfonamides is 1. The van der Waals surface area contributed by atoms with Gasteiger partial charge in [0.1, 0.15) is 24.1 Å². The van der Waals surface area contributed by atoms with E-state index in [2.05, 4.69) is 21.2 Å². The smallest absolute Gasteiger partial charge is 0.264 e. The van der Waals surface area contributed by atoms with Crippen molar-refractivity contribution in [3.05, 3.63) is 119 Å². The van der Waals surface area contributed by atoms with Crippen LogP contribution in [-0.2, 0) is 26.2 Å². The van der Waals surface area contributed by atoms with Crippen molar-refractivity contribution in [2.45, 2.75) is 57.6 Å². The lowest BCUT2D eigenvalue weighted by Crippen LogP contribution is -2.52. The topological polar surface area (TPSA) is 96.0 Å². The summed E-state index contributed by atoms with van der Waals surface area (Å²) in [4.78, 5) is 28.9. The minimum absolute atomic E-state index is 0.0486. The molecule has 10 heteroatoms. The summed E-state index contributed by atoms with van der Waals surface area (Å²) >= 11 is 3.43. The average molecular weight is 693 g/mol. The molecule has 0 saturated heterocycles. The van der Waals surface area contributed by atoms with Gasteiger partial charge in [0.15, 0.2) is 0 Å². The minimum atomic E-state index is -4.18. The number of amides is 2. The summed E-state index contributed by atoms with van der Waals surface area (Å²) in [6.07, 6.45) is 0.728. The maximum Gasteiger partial charge on any atom is 0.264 e. The predicted octanol–water partition coefficient (Wildman–Crippen LogP) is 7.08. The summed E-state index contributed by atoms with van der Waals surface area (Å²) in [7, 11) is -4.18. The highest BCUT2D eigenvalue weighted by atomic mass is 79.9. The van der Waals surface area contributed by atoms with E-state index in [0.29, 0.717) is 11.5 Å². The Morgan fingerprint density at radius 3 is 2.04 bits per heavy atom. The van der Waals surface area contributed by atoms with Gasteiger partial charge in [-0.25, -0.2) is 8.42 Å². The van der Waals surface area contributed by atoms with Crippen molar-refractivity contribution in [2.75, 3.05) is 10.8 Å². The van der Waals surface area contributed by atoms with Crippen LogP contribution in [0.5, 0.6) is 11.5 Å². The van der Waals surface area contributed by atoms with Crippen LogP contribution in [0, 0.1) is 6.92 Å². The van der Waals surface area contributed by atoms with E-state index < -0.39 is 28.5 Å². The number of aryl methyl sites for hydroxylation is 1. The van der Waals surface area contributed by atoms with Gasteiger partial charge in [0, 0.05) is 17.1 Å². The Kier molecular flexibility index (Phi) is 11.4. The van der Waals surface area contributed by atoms with Gasteiger partial charge in [-0.3, -0.25) is 13.9 Å². The molecule has 0 aliphatic heterocycles. The summed E-state index contributed by atoms with van der Waals surface area (Å²) in [6, 6.07) is 28.7. The molecule has 1 N–H and O–H groups in total. The fourth-order valence-electron chi connectivity index (χ4n) is 4.51. The first-order valence-corrected chi connectivity index (χ1v) is 17.0. The second kappa shape index (κ2) is 15.2. The number of para-hydroxylation sites is 1. The van der Waals surface area contributed by atoms with Gasteiger partial charge in [-0.2, -0.15) is 0 Å². The van der Waals surface area contributed by atoms with Crippen molar-refractivity contribution < 1.29 is 22.7 Å². The molecule has 0 aliphatic carbocycles. The number of rotatable bonds is 13. The fraction of sp³-hybridized carbons (Fsp3) is 0.257. The number of carbonyl (C=O) groups is 2. The largest absolute Gasteiger partial charge is 0.457 e. The van der Waals surface area contributed by atoms with Crippen LogP contribution in [0.15, 0.2) is 112 Å². The van der Waals surface area contributed by atoms with Gasteiger partial charge >= 0.3 is 0 Å². The highest BCUT2D eigenvalue weighted by Gasteiger charge is 2.33. The lowest BCUT2D eigenvalue weighted by molar-refractivity contribution is -0.139. The summed E-state index contributed by atoms with van der Waals surface area (Å²) in [5.74, 6) is 0.309. The molecule has 2 unspecified atom stereocenters. The Morgan fingerprint density at radius 2 is 1.44 bits per heavy atom. The Labute approximate surface area is 274 Å². The van der Waals surface area contributed by atoms with Crippen molar-refractivity contribution in [1.82, 2.24) is 10.2 Å². The van der Waals surface area contributed by atoms with Crippen molar-refractivity contribution >= 4 is 43.5 Å². The van der Waals surface area contributed by atoms with Gasteiger partial charge in [0.25, 0.3) is 10.0 Å². The van der Waals surface area contributed by atoms with Gasteiger partial charge in [0.05, 0.1) is 10.6 Å². The van der Waals surface area contributed by atoms with Crippen molar-refractivity contribution in [1.29, 1.82) is 0 Å². The van der Waals surface area contributed by atoms with E-state index in [1.807, 2.05) is 75.4 Å². The zero-order chi connectivity index (χ0) is 32.6. The lowest BCUT2D eigenvalue weighted by Gasteiger charge is -2.32. The molecular formula is C35H38BrN3O5S. The first-order valence-electron chi connectivity index (χ1n) is 14.7. The molecular weight excluding hydrogens is 654 g/mol. The van der Waals surface area contributed by atoms with Crippen LogP contribution in [-0.4, -0.2) is 43.8 Å². The van der Waals surface area contributed by atoms with E-state index in [1.165, 1.54) is 17.0 Å². The Balaban J connectivity index is 1.70. The molecule has 2 amide bonds. The molecule has 0 radical (unpaired) electrons. The molecule has 0 aliphatic rings. The minimum Gasteiger partial charge on any atom is -0.457 e. The molecule has 4 aromatic carbocycles. The molecule has 4 aromatic rings. The molecule has 0 saturated carbocycles. The Bertz CT molecular complexity index is 1680.